The number of benzene rings is 2. The van der Waals surface area contributed by atoms with Gasteiger partial charge in [0, 0.05) is 22.7 Å². The summed E-state index contributed by atoms with van der Waals surface area (Å²) in [5.41, 5.74) is 2.38. The SMILES string of the molecule is COC(=O)c1ccc(NC(=O)Cc2c(C)nc(SCc3cccc(OC)c3)[nH]c2=O)cc1. The van der Waals surface area contributed by atoms with Crippen molar-refractivity contribution >= 4 is 29.3 Å². The minimum absolute atomic E-state index is 0.117. The smallest absolute Gasteiger partial charge is 0.337 e. The lowest BCUT2D eigenvalue weighted by Gasteiger charge is -2.09. The second-order valence-electron chi connectivity index (χ2n) is 6.87. The van der Waals surface area contributed by atoms with E-state index in [1.807, 2.05) is 24.3 Å². The first-order valence-corrected chi connectivity index (χ1v) is 10.7. The molecule has 1 aromatic heterocycles. The highest BCUT2D eigenvalue weighted by Crippen LogP contribution is 2.22. The summed E-state index contributed by atoms with van der Waals surface area (Å²) in [5, 5.41) is 3.20. The number of aromatic nitrogens is 2. The van der Waals surface area contributed by atoms with Crippen LogP contribution in [0, 0.1) is 6.92 Å². The van der Waals surface area contributed by atoms with Crippen LogP contribution in [0.1, 0.15) is 27.2 Å². The summed E-state index contributed by atoms with van der Waals surface area (Å²) in [6, 6.07) is 14.0. The van der Waals surface area contributed by atoms with Crippen molar-refractivity contribution in [2.24, 2.45) is 0 Å². The Morgan fingerprint density at radius 2 is 1.88 bits per heavy atom. The molecule has 0 spiro atoms. The Bertz CT molecular complexity index is 1170. The maximum Gasteiger partial charge on any atom is 0.337 e. The molecule has 0 saturated carbocycles. The molecule has 0 aliphatic heterocycles. The van der Waals surface area contributed by atoms with Crippen LogP contribution in [-0.2, 0) is 21.7 Å². The fourth-order valence-electron chi connectivity index (χ4n) is 2.95. The maximum atomic E-state index is 12.6. The van der Waals surface area contributed by atoms with Crippen molar-refractivity contribution in [3.63, 3.8) is 0 Å². The lowest BCUT2D eigenvalue weighted by atomic mass is 10.1. The first-order chi connectivity index (χ1) is 15.4. The number of amides is 1. The van der Waals surface area contributed by atoms with E-state index < -0.39 is 5.97 Å². The normalized spacial score (nSPS) is 10.5. The largest absolute Gasteiger partial charge is 0.497 e. The summed E-state index contributed by atoms with van der Waals surface area (Å²) in [6.07, 6.45) is -0.117. The van der Waals surface area contributed by atoms with Crippen LogP contribution in [0.4, 0.5) is 5.69 Å². The summed E-state index contributed by atoms with van der Waals surface area (Å²) >= 11 is 1.40. The second kappa shape index (κ2) is 10.6. The van der Waals surface area contributed by atoms with Crippen molar-refractivity contribution in [3.05, 3.63) is 81.3 Å². The van der Waals surface area contributed by atoms with Gasteiger partial charge in [-0.3, -0.25) is 9.59 Å². The molecule has 2 aromatic carbocycles. The van der Waals surface area contributed by atoms with E-state index in [0.717, 1.165) is 11.3 Å². The Kier molecular flexibility index (Phi) is 7.67. The number of aromatic amines is 1. The molecule has 8 nitrogen and oxygen atoms in total. The molecule has 0 radical (unpaired) electrons. The second-order valence-corrected chi connectivity index (χ2v) is 7.83. The van der Waals surface area contributed by atoms with Crippen LogP contribution in [-0.4, -0.2) is 36.1 Å². The van der Waals surface area contributed by atoms with Gasteiger partial charge < -0.3 is 19.8 Å². The van der Waals surface area contributed by atoms with Gasteiger partial charge in [0.2, 0.25) is 5.91 Å². The number of H-pyrrole nitrogens is 1. The first kappa shape index (κ1) is 23.1. The average Bonchev–Trinajstić information content (AvgIpc) is 2.80. The third kappa shape index (κ3) is 5.98. The van der Waals surface area contributed by atoms with E-state index in [0.29, 0.717) is 33.4 Å². The third-order valence-corrected chi connectivity index (χ3v) is 5.58. The van der Waals surface area contributed by atoms with E-state index >= 15 is 0 Å². The fourth-order valence-corrected chi connectivity index (χ4v) is 3.80. The Balaban J connectivity index is 1.63. The van der Waals surface area contributed by atoms with E-state index in [1.165, 1.54) is 18.9 Å². The molecule has 166 valence electrons. The first-order valence-electron chi connectivity index (χ1n) is 9.73. The van der Waals surface area contributed by atoms with Gasteiger partial charge in [0.05, 0.1) is 26.2 Å². The highest BCUT2D eigenvalue weighted by atomic mass is 32.2. The zero-order valence-electron chi connectivity index (χ0n) is 17.9. The van der Waals surface area contributed by atoms with Crippen molar-refractivity contribution in [2.75, 3.05) is 19.5 Å². The van der Waals surface area contributed by atoms with Crippen LogP contribution in [0.2, 0.25) is 0 Å². The molecule has 0 bridgehead atoms. The molecular formula is C23H23N3O5S. The predicted octanol–water partition coefficient (Wildman–Crippen LogP) is 3.35. The molecule has 0 fully saturated rings. The zero-order valence-corrected chi connectivity index (χ0v) is 18.7. The van der Waals surface area contributed by atoms with Gasteiger partial charge in [0.15, 0.2) is 5.16 Å². The number of carbonyl (C=O) groups excluding carboxylic acids is 2. The number of thioether (sulfide) groups is 1. The lowest BCUT2D eigenvalue weighted by molar-refractivity contribution is -0.115. The average molecular weight is 454 g/mol. The number of anilines is 1. The Morgan fingerprint density at radius 3 is 2.53 bits per heavy atom. The van der Waals surface area contributed by atoms with Gasteiger partial charge in [-0.2, -0.15) is 0 Å². The topological polar surface area (TPSA) is 110 Å². The highest BCUT2D eigenvalue weighted by Gasteiger charge is 2.14. The van der Waals surface area contributed by atoms with Gasteiger partial charge in [-0.1, -0.05) is 23.9 Å². The molecule has 0 unspecified atom stereocenters. The number of nitrogens with one attached hydrogen (secondary N) is 2. The van der Waals surface area contributed by atoms with Gasteiger partial charge >= 0.3 is 5.97 Å². The number of rotatable bonds is 8. The van der Waals surface area contributed by atoms with Crippen LogP contribution >= 0.6 is 11.8 Å². The van der Waals surface area contributed by atoms with E-state index in [9.17, 15) is 14.4 Å². The van der Waals surface area contributed by atoms with Crippen LogP contribution in [0.25, 0.3) is 0 Å². The van der Waals surface area contributed by atoms with E-state index in [4.69, 9.17) is 4.74 Å². The van der Waals surface area contributed by atoms with Crippen molar-refractivity contribution in [2.45, 2.75) is 24.3 Å². The van der Waals surface area contributed by atoms with Gasteiger partial charge in [-0.25, -0.2) is 9.78 Å². The van der Waals surface area contributed by atoms with Crippen molar-refractivity contribution in [3.8, 4) is 5.75 Å². The number of ether oxygens (including phenoxy) is 2. The minimum Gasteiger partial charge on any atom is -0.497 e. The number of methoxy groups -OCH3 is 2. The minimum atomic E-state index is -0.458. The summed E-state index contributed by atoms with van der Waals surface area (Å²) in [6.45, 7) is 1.71. The molecule has 3 rings (SSSR count). The number of hydrogen-bond donors (Lipinski definition) is 2. The summed E-state index contributed by atoms with van der Waals surface area (Å²) in [5.74, 6) is 0.562. The highest BCUT2D eigenvalue weighted by molar-refractivity contribution is 7.98. The van der Waals surface area contributed by atoms with Crippen molar-refractivity contribution in [1.82, 2.24) is 9.97 Å². The fraction of sp³-hybridized carbons (Fsp3) is 0.217. The van der Waals surface area contributed by atoms with Crippen molar-refractivity contribution in [1.29, 1.82) is 0 Å². The molecule has 0 saturated heterocycles. The number of aryl methyl sites for hydroxylation is 1. The van der Waals surface area contributed by atoms with E-state index in [2.05, 4.69) is 20.0 Å². The summed E-state index contributed by atoms with van der Waals surface area (Å²) in [4.78, 5) is 43.6. The van der Waals surface area contributed by atoms with Crippen LogP contribution in [0.15, 0.2) is 58.5 Å². The summed E-state index contributed by atoms with van der Waals surface area (Å²) < 4.78 is 9.87. The standard InChI is InChI=1S/C23H23N3O5S/c1-14-19(12-20(27)25-17-9-7-16(8-10-17)22(29)31-3)21(28)26-23(24-14)32-13-15-5-4-6-18(11-15)30-2/h4-11H,12-13H2,1-3H3,(H,25,27)(H,24,26,28). The molecule has 1 amide bonds. The van der Waals surface area contributed by atoms with Gasteiger partial charge in [-0.15, -0.1) is 0 Å². The van der Waals surface area contributed by atoms with Gasteiger partial charge in [0.25, 0.3) is 5.56 Å². The molecule has 0 aliphatic carbocycles. The quantitative estimate of drug-likeness (QED) is 0.306. The number of esters is 1. The summed E-state index contributed by atoms with van der Waals surface area (Å²) in [7, 11) is 2.91. The van der Waals surface area contributed by atoms with Crippen LogP contribution in [0.5, 0.6) is 5.75 Å². The Hall–Kier alpha value is -3.59. The van der Waals surface area contributed by atoms with E-state index in [1.54, 1.807) is 38.3 Å². The molecule has 1 heterocycles. The zero-order chi connectivity index (χ0) is 23.1. The molecule has 2 N–H and O–H groups in total. The molecule has 9 heteroatoms. The number of carbonyl (C=O) groups is 2. The van der Waals surface area contributed by atoms with Gasteiger partial charge in [-0.05, 0) is 48.9 Å². The molecule has 0 atom stereocenters. The maximum absolute atomic E-state index is 12.6. The molecule has 32 heavy (non-hydrogen) atoms. The number of hydrogen-bond acceptors (Lipinski definition) is 7. The van der Waals surface area contributed by atoms with Gasteiger partial charge in [0.1, 0.15) is 5.75 Å². The predicted molar refractivity (Wildman–Crippen MR) is 122 cm³/mol. The van der Waals surface area contributed by atoms with Crippen LogP contribution < -0.4 is 15.6 Å². The lowest BCUT2D eigenvalue weighted by Crippen LogP contribution is -2.23. The Labute approximate surface area is 189 Å². The molecule has 0 aliphatic rings. The molecule has 3 aromatic rings. The number of nitrogens with zero attached hydrogens (tertiary/aromatic N) is 1. The van der Waals surface area contributed by atoms with Crippen molar-refractivity contribution < 1.29 is 19.1 Å². The monoisotopic (exact) mass is 453 g/mol. The Morgan fingerprint density at radius 1 is 1.12 bits per heavy atom. The van der Waals surface area contributed by atoms with Crippen LogP contribution in [0.3, 0.4) is 0 Å². The van der Waals surface area contributed by atoms with E-state index in [-0.39, 0.29) is 17.9 Å². The molecular weight excluding hydrogens is 430 g/mol. The third-order valence-electron chi connectivity index (χ3n) is 4.64.